The summed E-state index contributed by atoms with van der Waals surface area (Å²) in [6.45, 7) is 1.42. The van der Waals surface area contributed by atoms with E-state index < -0.39 is 23.0 Å². The highest BCUT2D eigenvalue weighted by atomic mass is 16.6. The van der Waals surface area contributed by atoms with Gasteiger partial charge < -0.3 is 21.3 Å². The number of nitro groups is 1. The van der Waals surface area contributed by atoms with E-state index in [1.165, 1.54) is 19.1 Å². The first-order chi connectivity index (χ1) is 9.36. The highest BCUT2D eigenvalue weighted by Gasteiger charge is 2.22. The number of benzene rings is 1. The van der Waals surface area contributed by atoms with E-state index in [4.69, 9.17) is 5.73 Å². The molecule has 0 aliphatic heterocycles. The molecule has 0 aliphatic rings. The third-order valence-electron chi connectivity index (χ3n) is 2.70. The second kappa shape index (κ2) is 6.94. The van der Waals surface area contributed by atoms with Crippen LogP contribution in [-0.2, 0) is 4.79 Å². The fourth-order valence-electron chi connectivity index (χ4n) is 1.73. The first kappa shape index (κ1) is 16.0. The van der Waals surface area contributed by atoms with E-state index in [0.29, 0.717) is 0 Å². The van der Waals surface area contributed by atoms with Gasteiger partial charge >= 0.3 is 0 Å². The lowest BCUT2D eigenvalue weighted by molar-refractivity contribution is -0.384. The van der Waals surface area contributed by atoms with Gasteiger partial charge in [-0.1, -0.05) is 6.07 Å². The van der Waals surface area contributed by atoms with Crippen LogP contribution in [0, 0.1) is 10.1 Å². The number of anilines is 1. The monoisotopic (exact) mass is 283 g/mol. The molecule has 0 saturated carbocycles. The number of rotatable bonds is 6. The number of nitrogens with zero attached hydrogens (tertiary/aromatic N) is 1. The summed E-state index contributed by atoms with van der Waals surface area (Å²) in [6, 6.07) is 3.84. The lowest BCUT2D eigenvalue weighted by atomic mass is 10.0. The van der Waals surface area contributed by atoms with Crippen molar-refractivity contribution >= 4 is 17.3 Å². The topological polar surface area (TPSA) is 139 Å². The number of nitro benzene ring substituents is 1. The van der Waals surface area contributed by atoms with Crippen LogP contribution in [0.15, 0.2) is 18.2 Å². The minimum absolute atomic E-state index is 0.0340. The van der Waals surface area contributed by atoms with Gasteiger partial charge in [0.05, 0.1) is 11.0 Å². The van der Waals surface area contributed by atoms with E-state index in [1.807, 2.05) is 0 Å². The first-order valence-electron chi connectivity index (χ1n) is 5.99. The van der Waals surface area contributed by atoms with E-state index in [0.717, 1.165) is 6.07 Å². The Morgan fingerprint density at radius 2 is 2.15 bits per heavy atom. The maximum Gasteiger partial charge on any atom is 0.293 e. The molecule has 5 N–H and O–H groups in total. The number of nitrogens with two attached hydrogens (primary N) is 1. The largest absolute Gasteiger partial charge is 0.390 e. The third-order valence-corrected chi connectivity index (χ3v) is 2.70. The molecule has 0 saturated heterocycles. The number of hydrogen-bond acceptors (Lipinski definition) is 6. The Morgan fingerprint density at radius 1 is 1.50 bits per heavy atom. The summed E-state index contributed by atoms with van der Waals surface area (Å²) in [6.07, 6.45) is -2.21. The molecular formula is C12H17N3O5. The Balaban J connectivity index is 3.09. The van der Waals surface area contributed by atoms with Crippen LogP contribution in [0.2, 0.25) is 0 Å². The fraction of sp³-hybridized carbons (Fsp3) is 0.417. The first-order valence-corrected chi connectivity index (χ1v) is 5.99. The van der Waals surface area contributed by atoms with Crippen LogP contribution >= 0.6 is 0 Å². The summed E-state index contributed by atoms with van der Waals surface area (Å²) >= 11 is 0. The summed E-state index contributed by atoms with van der Waals surface area (Å²) in [5, 5.41) is 32.8. The zero-order valence-electron chi connectivity index (χ0n) is 10.9. The molecule has 20 heavy (non-hydrogen) atoms. The summed E-state index contributed by atoms with van der Waals surface area (Å²) in [7, 11) is 0. The minimum Gasteiger partial charge on any atom is -0.390 e. The molecule has 0 bridgehead atoms. The molecule has 0 fully saturated rings. The van der Waals surface area contributed by atoms with Crippen LogP contribution in [0.4, 0.5) is 11.4 Å². The Kier molecular flexibility index (Phi) is 5.56. The smallest absolute Gasteiger partial charge is 0.293 e. The van der Waals surface area contributed by atoms with Gasteiger partial charge in [-0.2, -0.15) is 0 Å². The van der Waals surface area contributed by atoms with Crippen LogP contribution in [-0.4, -0.2) is 33.7 Å². The summed E-state index contributed by atoms with van der Waals surface area (Å²) in [5.74, 6) is -0.440. The third kappa shape index (κ3) is 3.98. The second-order valence-electron chi connectivity index (χ2n) is 4.30. The van der Waals surface area contributed by atoms with Gasteiger partial charge in [0.1, 0.15) is 11.8 Å². The fourth-order valence-corrected chi connectivity index (χ4v) is 1.73. The van der Waals surface area contributed by atoms with Crippen LogP contribution < -0.4 is 11.1 Å². The van der Waals surface area contributed by atoms with Gasteiger partial charge in [0.25, 0.3) is 5.69 Å². The lowest BCUT2D eigenvalue weighted by Gasteiger charge is -2.17. The Labute approximate surface area is 115 Å². The molecule has 1 amide bonds. The lowest BCUT2D eigenvalue weighted by Crippen LogP contribution is -2.22. The summed E-state index contributed by atoms with van der Waals surface area (Å²) < 4.78 is 0. The van der Waals surface area contributed by atoms with E-state index >= 15 is 0 Å². The van der Waals surface area contributed by atoms with Crippen molar-refractivity contribution in [3.05, 3.63) is 33.9 Å². The zero-order valence-corrected chi connectivity index (χ0v) is 10.9. The SMILES string of the molecule is CC(=O)Nc1ccc(C(O)C(O)CCN)cc1[N+](=O)[O-]. The van der Waals surface area contributed by atoms with Crippen molar-refractivity contribution in [2.45, 2.75) is 25.6 Å². The quantitative estimate of drug-likeness (QED) is 0.437. The predicted molar refractivity (Wildman–Crippen MR) is 72.0 cm³/mol. The Hall–Kier alpha value is -2.03. The average molecular weight is 283 g/mol. The van der Waals surface area contributed by atoms with Crippen LogP contribution in [0.25, 0.3) is 0 Å². The molecular weight excluding hydrogens is 266 g/mol. The normalized spacial score (nSPS) is 13.6. The van der Waals surface area contributed by atoms with Gasteiger partial charge in [0.15, 0.2) is 0 Å². The summed E-state index contributed by atoms with van der Waals surface area (Å²) in [5.41, 5.74) is 5.15. The maximum atomic E-state index is 11.0. The molecule has 8 nitrogen and oxygen atoms in total. The van der Waals surface area contributed by atoms with E-state index in [-0.39, 0.29) is 29.9 Å². The van der Waals surface area contributed by atoms with Crippen molar-refractivity contribution < 1.29 is 19.9 Å². The molecule has 0 heterocycles. The molecule has 0 aliphatic carbocycles. The highest BCUT2D eigenvalue weighted by molar-refractivity contribution is 5.91. The molecule has 0 spiro atoms. The van der Waals surface area contributed by atoms with Crippen molar-refractivity contribution in [3.8, 4) is 0 Å². The van der Waals surface area contributed by atoms with Crippen molar-refractivity contribution in [2.75, 3.05) is 11.9 Å². The Bertz CT molecular complexity index is 506. The van der Waals surface area contributed by atoms with Crippen LogP contribution in [0.1, 0.15) is 25.0 Å². The number of aliphatic hydroxyl groups excluding tert-OH is 2. The van der Waals surface area contributed by atoms with Gasteiger partial charge in [0.2, 0.25) is 5.91 Å². The molecule has 1 aromatic carbocycles. The van der Waals surface area contributed by atoms with Gasteiger partial charge in [-0.05, 0) is 24.6 Å². The minimum atomic E-state index is -1.27. The van der Waals surface area contributed by atoms with Crippen LogP contribution in [0.5, 0.6) is 0 Å². The molecule has 8 heteroatoms. The maximum absolute atomic E-state index is 11.0. The van der Waals surface area contributed by atoms with E-state index in [1.54, 1.807) is 0 Å². The van der Waals surface area contributed by atoms with Gasteiger partial charge in [-0.25, -0.2) is 0 Å². The molecule has 0 radical (unpaired) electrons. The van der Waals surface area contributed by atoms with Gasteiger partial charge in [-0.3, -0.25) is 14.9 Å². The van der Waals surface area contributed by atoms with E-state index in [2.05, 4.69) is 5.32 Å². The number of amides is 1. The van der Waals surface area contributed by atoms with Crippen molar-refractivity contribution in [3.63, 3.8) is 0 Å². The van der Waals surface area contributed by atoms with Crippen LogP contribution in [0.3, 0.4) is 0 Å². The van der Waals surface area contributed by atoms with Gasteiger partial charge in [-0.15, -0.1) is 0 Å². The van der Waals surface area contributed by atoms with Crippen molar-refractivity contribution in [2.24, 2.45) is 5.73 Å². The van der Waals surface area contributed by atoms with Crippen molar-refractivity contribution in [1.29, 1.82) is 0 Å². The number of aliphatic hydroxyl groups is 2. The molecule has 110 valence electrons. The average Bonchev–Trinajstić information content (AvgIpc) is 2.37. The zero-order chi connectivity index (χ0) is 15.3. The van der Waals surface area contributed by atoms with Crippen molar-refractivity contribution in [1.82, 2.24) is 0 Å². The number of carbonyl (C=O) groups is 1. The molecule has 2 atom stereocenters. The summed E-state index contributed by atoms with van der Waals surface area (Å²) in [4.78, 5) is 21.3. The highest BCUT2D eigenvalue weighted by Crippen LogP contribution is 2.29. The second-order valence-corrected chi connectivity index (χ2v) is 4.30. The number of nitrogens with one attached hydrogen (secondary N) is 1. The Morgan fingerprint density at radius 3 is 2.65 bits per heavy atom. The molecule has 1 aromatic rings. The van der Waals surface area contributed by atoms with E-state index in [9.17, 15) is 25.1 Å². The number of carbonyl (C=O) groups excluding carboxylic acids is 1. The number of hydrogen-bond donors (Lipinski definition) is 4. The molecule has 2 unspecified atom stereocenters. The molecule has 0 aromatic heterocycles. The standard InChI is InChI=1S/C12H17N3O5/c1-7(16)14-9-3-2-8(6-10(9)15(19)20)12(18)11(17)4-5-13/h2-3,6,11-12,17-18H,4-5,13H2,1H3,(H,14,16). The molecule has 1 rings (SSSR count). The predicted octanol–water partition coefficient (Wildman–Crippen LogP) is 0.296. The van der Waals surface area contributed by atoms with Gasteiger partial charge in [0, 0.05) is 13.0 Å².